The summed E-state index contributed by atoms with van der Waals surface area (Å²) < 4.78 is 5.98. The van der Waals surface area contributed by atoms with E-state index in [1.54, 1.807) is 0 Å². The first-order chi connectivity index (χ1) is 11.4. The highest BCUT2D eigenvalue weighted by Crippen LogP contribution is 2.52. The second-order valence-corrected chi connectivity index (χ2v) is 7.83. The number of alkyl halides is 1. The van der Waals surface area contributed by atoms with Gasteiger partial charge in [-0.05, 0) is 56.9 Å². The van der Waals surface area contributed by atoms with Gasteiger partial charge in [0.15, 0.2) is 0 Å². The van der Waals surface area contributed by atoms with Crippen LogP contribution in [-0.4, -0.2) is 29.8 Å². The van der Waals surface area contributed by atoms with Crippen molar-refractivity contribution in [3.8, 4) is 10.9 Å². The molecule has 0 bridgehead atoms. The zero-order valence-electron chi connectivity index (χ0n) is 14.5. The lowest BCUT2D eigenvalue weighted by atomic mass is 10.1. The lowest BCUT2D eigenvalue weighted by Gasteiger charge is -2.11. The molecule has 1 aliphatic carbocycles. The van der Waals surface area contributed by atoms with Gasteiger partial charge in [-0.1, -0.05) is 11.3 Å². The van der Waals surface area contributed by atoms with Crippen LogP contribution >= 0.6 is 22.9 Å². The van der Waals surface area contributed by atoms with Crippen LogP contribution in [0.1, 0.15) is 36.6 Å². The predicted octanol–water partition coefficient (Wildman–Crippen LogP) is 5.39. The largest absolute Gasteiger partial charge is 0.431 e. The van der Waals surface area contributed by atoms with Crippen molar-refractivity contribution in [2.75, 3.05) is 13.6 Å². The Balaban J connectivity index is 1.78. The fraction of sp³-hybridized carbons (Fsp3) is 0.444. The van der Waals surface area contributed by atoms with Gasteiger partial charge in [0.25, 0.3) is 5.19 Å². The summed E-state index contributed by atoms with van der Waals surface area (Å²) in [4.78, 5) is 10.9. The van der Waals surface area contributed by atoms with Crippen LogP contribution in [0.3, 0.4) is 0 Å². The van der Waals surface area contributed by atoms with Crippen LogP contribution in [-0.2, 0) is 4.87 Å². The Labute approximate surface area is 152 Å². The number of benzene rings is 1. The normalized spacial score (nSPS) is 15.7. The fourth-order valence-corrected chi connectivity index (χ4v) is 3.27. The summed E-state index contributed by atoms with van der Waals surface area (Å²) in [6, 6.07) is 4.06. The molecule has 1 aromatic carbocycles. The van der Waals surface area contributed by atoms with Gasteiger partial charge in [0.1, 0.15) is 5.75 Å². The number of aryl methyl sites for hydroxylation is 2. The Morgan fingerprint density at radius 1 is 1.38 bits per heavy atom. The van der Waals surface area contributed by atoms with E-state index >= 15 is 0 Å². The molecule has 0 unspecified atom stereocenters. The van der Waals surface area contributed by atoms with Crippen molar-refractivity contribution in [3.05, 3.63) is 34.3 Å². The van der Waals surface area contributed by atoms with Gasteiger partial charge in [0, 0.05) is 19.0 Å². The monoisotopic (exact) mass is 363 g/mol. The van der Waals surface area contributed by atoms with E-state index in [2.05, 4.69) is 16.9 Å². The van der Waals surface area contributed by atoms with Crippen molar-refractivity contribution in [3.63, 3.8) is 0 Å². The number of ether oxygens (including phenoxy) is 1. The van der Waals surface area contributed by atoms with Gasteiger partial charge in [-0.2, -0.15) is 0 Å². The second kappa shape index (κ2) is 6.73. The van der Waals surface area contributed by atoms with Gasteiger partial charge in [0.05, 0.1) is 22.6 Å². The maximum atomic E-state index is 6.40. The Morgan fingerprint density at radius 3 is 2.79 bits per heavy atom. The fourth-order valence-electron chi connectivity index (χ4n) is 2.24. The van der Waals surface area contributed by atoms with Gasteiger partial charge < -0.3 is 9.64 Å². The van der Waals surface area contributed by atoms with Gasteiger partial charge in [-0.15, -0.1) is 11.6 Å². The molecule has 0 aliphatic heterocycles. The summed E-state index contributed by atoms with van der Waals surface area (Å²) in [7, 11) is 2.01. The van der Waals surface area contributed by atoms with Gasteiger partial charge in [-0.25, -0.2) is 9.98 Å². The zero-order chi connectivity index (χ0) is 17.3. The minimum absolute atomic E-state index is 0.243. The SMILES string of the molecule is CCN(C)C=Nc1cc(C)c(Oc2nc(C3(Cl)CC3)cs2)cc1C. The van der Waals surface area contributed by atoms with E-state index in [1.165, 1.54) is 11.3 Å². The highest BCUT2D eigenvalue weighted by Gasteiger charge is 2.44. The zero-order valence-corrected chi connectivity index (χ0v) is 16.0. The lowest BCUT2D eigenvalue weighted by molar-refractivity contribution is 0.473. The van der Waals surface area contributed by atoms with E-state index in [4.69, 9.17) is 16.3 Å². The maximum Gasteiger partial charge on any atom is 0.278 e. The molecule has 0 radical (unpaired) electrons. The first kappa shape index (κ1) is 17.2. The summed E-state index contributed by atoms with van der Waals surface area (Å²) in [6.45, 7) is 7.08. The third kappa shape index (κ3) is 3.73. The van der Waals surface area contributed by atoms with E-state index in [9.17, 15) is 0 Å². The lowest BCUT2D eigenvalue weighted by Crippen LogP contribution is -2.14. The average Bonchev–Trinajstić information content (AvgIpc) is 3.12. The number of hydrogen-bond acceptors (Lipinski definition) is 4. The van der Waals surface area contributed by atoms with Crippen LogP contribution in [0.5, 0.6) is 10.9 Å². The minimum Gasteiger partial charge on any atom is -0.431 e. The van der Waals surface area contributed by atoms with Crippen molar-refractivity contribution >= 4 is 35.0 Å². The molecule has 1 aromatic heterocycles. The average molecular weight is 364 g/mol. The molecule has 24 heavy (non-hydrogen) atoms. The Hall–Kier alpha value is -1.59. The number of nitrogens with zero attached hydrogens (tertiary/aromatic N) is 3. The van der Waals surface area contributed by atoms with Crippen LogP contribution in [0.25, 0.3) is 0 Å². The van der Waals surface area contributed by atoms with E-state index in [0.717, 1.165) is 47.6 Å². The van der Waals surface area contributed by atoms with E-state index in [-0.39, 0.29) is 4.87 Å². The summed E-state index contributed by atoms with van der Waals surface area (Å²) in [5, 5.41) is 2.64. The second-order valence-electron chi connectivity index (χ2n) is 6.29. The summed E-state index contributed by atoms with van der Waals surface area (Å²) in [5.41, 5.74) is 4.00. The molecule has 0 spiro atoms. The molecule has 3 rings (SSSR count). The number of halogens is 1. The van der Waals surface area contributed by atoms with Crippen molar-refractivity contribution < 1.29 is 4.74 Å². The Morgan fingerprint density at radius 2 is 2.12 bits per heavy atom. The van der Waals surface area contributed by atoms with E-state index < -0.39 is 0 Å². The molecule has 128 valence electrons. The predicted molar refractivity (Wildman–Crippen MR) is 101 cm³/mol. The molecule has 4 nitrogen and oxygen atoms in total. The number of aromatic nitrogens is 1. The standard InChI is InChI=1S/C18H22ClN3OS/c1-5-22(4)11-20-14-8-13(3)15(9-12(14)2)23-17-21-16(10-24-17)18(19)6-7-18/h8-11H,5-7H2,1-4H3. The topological polar surface area (TPSA) is 37.7 Å². The molecule has 0 N–H and O–H groups in total. The van der Waals surface area contributed by atoms with Gasteiger partial charge >= 0.3 is 0 Å². The molecule has 0 atom stereocenters. The summed E-state index contributed by atoms with van der Waals surface area (Å²) in [5.74, 6) is 0.815. The molecule has 0 saturated heterocycles. The van der Waals surface area contributed by atoms with Crippen molar-refractivity contribution in [2.45, 2.75) is 38.5 Å². The van der Waals surface area contributed by atoms with E-state index in [1.807, 2.05) is 49.6 Å². The summed E-state index contributed by atoms with van der Waals surface area (Å²) >= 11 is 7.90. The molecular weight excluding hydrogens is 342 g/mol. The number of aliphatic imine (C=N–C) groups is 1. The molecule has 1 saturated carbocycles. The minimum atomic E-state index is -0.243. The van der Waals surface area contributed by atoms with Crippen molar-refractivity contribution in [2.24, 2.45) is 4.99 Å². The third-order valence-electron chi connectivity index (χ3n) is 4.21. The molecular formula is C18H22ClN3OS. The summed E-state index contributed by atoms with van der Waals surface area (Å²) in [6.07, 6.45) is 3.84. The Kier molecular flexibility index (Phi) is 4.83. The van der Waals surface area contributed by atoms with Crippen LogP contribution in [0.2, 0.25) is 0 Å². The molecule has 1 fully saturated rings. The molecule has 0 amide bonds. The van der Waals surface area contributed by atoms with Gasteiger partial charge in [-0.3, -0.25) is 0 Å². The highest BCUT2D eigenvalue weighted by molar-refractivity contribution is 7.11. The number of hydrogen-bond donors (Lipinski definition) is 0. The molecule has 1 aliphatic rings. The molecule has 2 aromatic rings. The first-order valence-corrected chi connectivity index (χ1v) is 9.35. The quantitative estimate of drug-likeness (QED) is 0.392. The molecule has 1 heterocycles. The highest BCUT2D eigenvalue weighted by atomic mass is 35.5. The Bertz CT molecular complexity index is 768. The first-order valence-electron chi connectivity index (χ1n) is 8.10. The third-order valence-corrected chi connectivity index (χ3v) is 5.50. The maximum absolute atomic E-state index is 6.40. The number of rotatable bonds is 6. The van der Waals surface area contributed by atoms with Crippen LogP contribution in [0, 0.1) is 13.8 Å². The van der Waals surface area contributed by atoms with Crippen LogP contribution in [0.4, 0.5) is 5.69 Å². The van der Waals surface area contributed by atoms with Crippen LogP contribution in [0.15, 0.2) is 22.5 Å². The smallest absolute Gasteiger partial charge is 0.278 e. The van der Waals surface area contributed by atoms with Gasteiger partial charge in [0.2, 0.25) is 0 Å². The number of thiazole rings is 1. The van der Waals surface area contributed by atoms with Crippen molar-refractivity contribution in [1.29, 1.82) is 0 Å². The van der Waals surface area contributed by atoms with Crippen LogP contribution < -0.4 is 4.74 Å². The van der Waals surface area contributed by atoms with E-state index in [0.29, 0.717) is 5.19 Å². The van der Waals surface area contributed by atoms with Crippen molar-refractivity contribution in [1.82, 2.24) is 9.88 Å². The molecule has 6 heteroatoms.